The van der Waals surface area contributed by atoms with Crippen LogP contribution in [0.2, 0.25) is 0 Å². The van der Waals surface area contributed by atoms with Crippen molar-refractivity contribution in [2.75, 3.05) is 0 Å². The van der Waals surface area contributed by atoms with Crippen molar-refractivity contribution in [1.82, 2.24) is 4.98 Å². The fourth-order valence-corrected chi connectivity index (χ4v) is 1.75. The molecule has 0 unspecified atom stereocenters. The zero-order valence-electron chi connectivity index (χ0n) is 6.62. The number of allylic oxidation sites excluding steroid dienone is 1. The standard InChI is InChI=1S/C10H8N2/c1-2-5-9-8(4-1)11-10-6-3-7-12(9)10/h1-6H,7H2/p+1. The van der Waals surface area contributed by atoms with Crippen molar-refractivity contribution in [2.45, 2.75) is 6.54 Å². The molecule has 0 amide bonds. The van der Waals surface area contributed by atoms with E-state index in [-0.39, 0.29) is 0 Å². The van der Waals surface area contributed by atoms with Crippen LogP contribution in [0.15, 0.2) is 30.3 Å². The smallest absolute Gasteiger partial charge is 0.237 e. The molecule has 0 radical (unpaired) electrons. The molecule has 1 aliphatic heterocycles. The van der Waals surface area contributed by atoms with Gasteiger partial charge in [-0.1, -0.05) is 12.1 Å². The zero-order valence-corrected chi connectivity index (χ0v) is 6.62. The first-order valence-corrected chi connectivity index (χ1v) is 4.12. The van der Waals surface area contributed by atoms with Crippen molar-refractivity contribution in [3.05, 3.63) is 36.2 Å². The number of hydrogen-bond donors (Lipinski definition) is 1. The van der Waals surface area contributed by atoms with Crippen molar-refractivity contribution >= 4 is 17.1 Å². The molecule has 1 aromatic carbocycles. The first kappa shape index (κ1) is 6.00. The summed E-state index contributed by atoms with van der Waals surface area (Å²) < 4.78 is 2.27. The third-order valence-corrected chi connectivity index (χ3v) is 2.31. The van der Waals surface area contributed by atoms with Crippen molar-refractivity contribution in [1.29, 1.82) is 0 Å². The molecule has 3 rings (SSSR count). The number of nitrogens with one attached hydrogen (secondary N) is 1. The summed E-state index contributed by atoms with van der Waals surface area (Å²) >= 11 is 0. The van der Waals surface area contributed by atoms with Crippen LogP contribution in [0.1, 0.15) is 5.82 Å². The van der Waals surface area contributed by atoms with Gasteiger partial charge in [0, 0.05) is 6.08 Å². The number of aromatic nitrogens is 2. The third-order valence-electron chi connectivity index (χ3n) is 2.31. The Morgan fingerprint density at radius 2 is 2.17 bits per heavy atom. The number of imidazole rings is 1. The second-order valence-corrected chi connectivity index (χ2v) is 3.04. The molecular weight excluding hydrogens is 148 g/mol. The number of benzene rings is 1. The number of hydrogen-bond acceptors (Lipinski definition) is 0. The van der Waals surface area contributed by atoms with Crippen LogP contribution in [0.5, 0.6) is 0 Å². The van der Waals surface area contributed by atoms with Crippen molar-refractivity contribution in [3.63, 3.8) is 0 Å². The topological polar surface area (TPSA) is 19.7 Å². The van der Waals surface area contributed by atoms with Gasteiger partial charge in [0.2, 0.25) is 0 Å². The van der Waals surface area contributed by atoms with Gasteiger partial charge in [-0.2, -0.15) is 0 Å². The second-order valence-electron chi connectivity index (χ2n) is 3.04. The van der Waals surface area contributed by atoms with E-state index < -0.39 is 0 Å². The van der Waals surface area contributed by atoms with E-state index in [0.29, 0.717) is 0 Å². The van der Waals surface area contributed by atoms with Gasteiger partial charge in [0.25, 0.3) is 5.82 Å². The second kappa shape index (κ2) is 1.97. The van der Waals surface area contributed by atoms with Crippen LogP contribution in [0.25, 0.3) is 17.1 Å². The van der Waals surface area contributed by atoms with E-state index in [9.17, 15) is 0 Å². The summed E-state index contributed by atoms with van der Waals surface area (Å²) in [6, 6.07) is 8.37. The van der Waals surface area contributed by atoms with E-state index in [4.69, 9.17) is 0 Å². The van der Waals surface area contributed by atoms with Crippen LogP contribution in [0, 0.1) is 0 Å². The molecule has 2 heterocycles. The lowest BCUT2D eigenvalue weighted by Crippen LogP contribution is -2.31. The molecule has 2 nitrogen and oxygen atoms in total. The van der Waals surface area contributed by atoms with E-state index in [1.807, 2.05) is 0 Å². The van der Waals surface area contributed by atoms with E-state index >= 15 is 0 Å². The SMILES string of the molecule is C1=Cc2[nH]c3ccccc3[n+]2C1. The Kier molecular flexibility index (Phi) is 0.987. The number of rotatable bonds is 0. The minimum atomic E-state index is 0.999. The molecule has 0 fully saturated rings. The summed E-state index contributed by atoms with van der Waals surface area (Å²) in [7, 11) is 0. The minimum absolute atomic E-state index is 0.999. The highest BCUT2D eigenvalue weighted by Crippen LogP contribution is 2.12. The Labute approximate surface area is 70.2 Å². The van der Waals surface area contributed by atoms with E-state index in [1.54, 1.807) is 0 Å². The van der Waals surface area contributed by atoms with E-state index in [0.717, 1.165) is 6.54 Å². The fraction of sp³-hybridized carbons (Fsp3) is 0.100. The maximum Gasteiger partial charge on any atom is 0.280 e. The number of H-pyrrole nitrogens is 1. The Balaban J connectivity index is 2.49. The average molecular weight is 157 g/mol. The third kappa shape index (κ3) is 0.619. The Morgan fingerprint density at radius 1 is 1.25 bits per heavy atom. The quantitative estimate of drug-likeness (QED) is 0.559. The van der Waals surface area contributed by atoms with Crippen molar-refractivity contribution in [2.24, 2.45) is 0 Å². The highest BCUT2D eigenvalue weighted by atomic mass is 15.1. The number of aromatic amines is 1. The summed E-state index contributed by atoms with van der Waals surface area (Å²) in [6.07, 6.45) is 4.29. The number of nitrogens with zero attached hydrogens (tertiary/aromatic N) is 1. The van der Waals surface area contributed by atoms with Crippen molar-refractivity contribution < 1.29 is 4.57 Å². The van der Waals surface area contributed by atoms with Gasteiger partial charge >= 0.3 is 0 Å². The molecule has 0 saturated carbocycles. The Hall–Kier alpha value is -1.57. The zero-order chi connectivity index (χ0) is 7.97. The van der Waals surface area contributed by atoms with Gasteiger partial charge in [-0.15, -0.1) is 0 Å². The van der Waals surface area contributed by atoms with Gasteiger partial charge in [-0.3, -0.25) is 0 Å². The predicted molar refractivity (Wildman–Crippen MR) is 47.5 cm³/mol. The van der Waals surface area contributed by atoms with Gasteiger partial charge in [-0.05, 0) is 18.2 Å². The van der Waals surface area contributed by atoms with Gasteiger partial charge in [-0.25, -0.2) is 9.55 Å². The van der Waals surface area contributed by atoms with Gasteiger partial charge in [0.05, 0.1) is 0 Å². The molecule has 0 spiro atoms. The summed E-state index contributed by atoms with van der Waals surface area (Å²) in [5, 5.41) is 0. The summed E-state index contributed by atoms with van der Waals surface area (Å²) in [5.41, 5.74) is 2.51. The van der Waals surface area contributed by atoms with Crippen LogP contribution in [0.3, 0.4) is 0 Å². The van der Waals surface area contributed by atoms with Gasteiger partial charge < -0.3 is 0 Å². The van der Waals surface area contributed by atoms with E-state index in [1.165, 1.54) is 16.9 Å². The highest BCUT2D eigenvalue weighted by molar-refractivity contribution is 5.72. The molecule has 1 aliphatic rings. The summed E-state index contributed by atoms with van der Waals surface area (Å²) in [6.45, 7) is 0.999. The fourth-order valence-electron chi connectivity index (χ4n) is 1.75. The lowest BCUT2D eigenvalue weighted by Gasteiger charge is -1.87. The van der Waals surface area contributed by atoms with Crippen LogP contribution in [-0.4, -0.2) is 4.98 Å². The molecule has 1 N–H and O–H groups in total. The molecule has 2 heteroatoms. The maximum absolute atomic E-state index is 3.35. The first-order valence-electron chi connectivity index (χ1n) is 4.12. The first-order chi connectivity index (χ1) is 5.95. The van der Waals surface area contributed by atoms with Gasteiger partial charge in [0.15, 0.2) is 11.0 Å². The average Bonchev–Trinajstić information content (AvgIpc) is 2.62. The lowest BCUT2D eigenvalue weighted by molar-refractivity contribution is -0.658. The molecule has 12 heavy (non-hydrogen) atoms. The normalized spacial score (nSPS) is 14.0. The minimum Gasteiger partial charge on any atom is -0.237 e. The summed E-state index contributed by atoms with van der Waals surface area (Å²) in [5.74, 6) is 1.20. The molecule has 2 aromatic rings. The van der Waals surface area contributed by atoms with Crippen molar-refractivity contribution in [3.8, 4) is 0 Å². The van der Waals surface area contributed by atoms with Crippen LogP contribution in [-0.2, 0) is 6.54 Å². The Bertz CT molecular complexity index is 466. The number of fused-ring (bicyclic) bond motifs is 3. The molecule has 0 bridgehead atoms. The van der Waals surface area contributed by atoms with Gasteiger partial charge in [0.1, 0.15) is 6.54 Å². The largest absolute Gasteiger partial charge is 0.280 e. The lowest BCUT2D eigenvalue weighted by atomic mass is 10.3. The number of para-hydroxylation sites is 2. The predicted octanol–water partition coefficient (Wildman–Crippen LogP) is 1.48. The molecule has 0 saturated heterocycles. The molecule has 0 aliphatic carbocycles. The maximum atomic E-state index is 3.35. The molecule has 0 atom stereocenters. The summed E-state index contributed by atoms with van der Waals surface area (Å²) in [4.78, 5) is 3.35. The Morgan fingerprint density at radius 3 is 3.17 bits per heavy atom. The van der Waals surface area contributed by atoms with Crippen LogP contribution >= 0.6 is 0 Å². The molecule has 58 valence electrons. The van der Waals surface area contributed by atoms with Crippen LogP contribution in [0.4, 0.5) is 0 Å². The molecule has 1 aromatic heterocycles. The molecular formula is C10H9N2+. The monoisotopic (exact) mass is 157 g/mol. The van der Waals surface area contributed by atoms with E-state index in [2.05, 4.69) is 46.0 Å². The highest BCUT2D eigenvalue weighted by Gasteiger charge is 2.17. The van der Waals surface area contributed by atoms with Crippen LogP contribution < -0.4 is 4.57 Å².